The number of furan rings is 1. The van der Waals surface area contributed by atoms with Gasteiger partial charge in [-0.25, -0.2) is 4.98 Å². The van der Waals surface area contributed by atoms with Crippen LogP contribution in [0, 0.1) is 6.92 Å². The van der Waals surface area contributed by atoms with Crippen molar-refractivity contribution in [2.24, 2.45) is 0 Å². The van der Waals surface area contributed by atoms with Crippen molar-refractivity contribution in [1.82, 2.24) is 4.98 Å². The van der Waals surface area contributed by atoms with E-state index in [0.717, 1.165) is 16.7 Å². The molecule has 19 heavy (non-hydrogen) atoms. The predicted octanol–water partition coefficient (Wildman–Crippen LogP) is 3.44. The minimum atomic E-state index is -0.178. The zero-order chi connectivity index (χ0) is 13.4. The molecule has 5 heteroatoms. The fourth-order valence-electron chi connectivity index (χ4n) is 1.98. The fourth-order valence-corrected chi connectivity index (χ4v) is 2.55. The van der Waals surface area contributed by atoms with E-state index < -0.39 is 0 Å². The normalized spacial score (nSPS) is 10.8. The van der Waals surface area contributed by atoms with E-state index in [0.29, 0.717) is 16.4 Å². The molecule has 0 aliphatic carbocycles. The van der Waals surface area contributed by atoms with Crippen molar-refractivity contribution in [2.75, 3.05) is 7.11 Å². The number of carbonyl (C=O) groups excluding carboxylic acids is 1. The second-order valence-corrected chi connectivity index (χ2v) is 4.98. The van der Waals surface area contributed by atoms with Crippen molar-refractivity contribution in [1.29, 1.82) is 0 Å². The minimum Gasteiger partial charge on any atom is -0.497 e. The fraction of sp³-hybridized carbons (Fsp3) is 0.143. The number of ketones is 1. The third-order valence-electron chi connectivity index (χ3n) is 2.98. The number of aryl methyl sites for hydroxylation is 1. The molecule has 0 bridgehead atoms. The van der Waals surface area contributed by atoms with Crippen molar-refractivity contribution < 1.29 is 13.9 Å². The molecule has 0 fully saturated rings. The topological polar surface area (TPSA) is 52.3 Å². The summed E-state index contributed by atoms with van der Waals surface area (Å²) in [6.45, 7) is 1.87. The molecular weight excluding hydrogens is 262 g/mol. The molecule has 3 rings (SSSR count). The Labute approximate surface area is 113 Å². The molecule has 0 atom stereocenters. The maximum Gasteiger partial charge on any atom is 0.256 e. The van der Waals surface area contributed by atoms with Crippen LogP contribution in [0.15, 0.2) is 34.2 Å². The first kappa shape index (κ1) is 11.9. The number of rotatable bonds is 3. The van der Waals surface area contributed by atoms with Gasteiger partial charge in [-0.3, -0.25) is 4.79 Å². The summed E-state index contributed by atoms with van der Waals surface area (Å²) < 4.78 is 10.8. The molecule has 0 aliphatic heterocycles. The van der Waals surface area contributed by atoms with Crippen molar-refractivity contribution >= 4 is 28.1 Å². The number of carbonyl (C=O) groups is 1. The smallest absolute Gasteiger partial charge is 0.256 e. The quantitative estimate of drug-likeness (QED) is 0.686. The standard InChI is InChI=1S/C14H11NO3S/c1-8-10-7-9(17-2)3-4-11(10)18-13(8)12(16)14-15-5-6-19-14/h3-7H,1-2H3. The number of hydrogen-bond donors (Lipinski definition) is 0. The molecule has 0 saturated carbocycles. The number of aromatic nitrogens is 1. The molecule has 2 heterocycles. The molecular formula is C14H11NO3S. The second-order valence-electron chi connectivity index (χ2n) is 4.08. The summed E-state index contributed by atoms with van der Waals surface area (Å²) in [7, 11) is 1.61. The van der Waals surface area contributed by atoms with E-state index in [1.165, 1.54) is 11.3 Å². The summed E-state index contributed by atoms with van der Waals surface area (Å²) in [4.78, 5) is 16.3. The van der Waals surface area contributed by atoms with E-state index in [1.54, 1.807) is 24.8 Å². The number of thiazole rings is 1. The summed E-state index contributed by atoms with van der Waals surface area (Å²) in [6.07, 6.45) is 1.61. The van der Waals surface area contributed by atoms with Crippen LogP contribution in [0.3, 0.4) is 0 Å². The van der Waals surface area contributed by atoms with Gasteiger partial charge in [-0.1, -0.05) is 0 Å². The highest BCUT2D eigenvalue weighted by atomic mass is 32.1. The number of fused-ring (bicyclic) bond motifs is 1. The Morgan fingerprint density at radius 2 is 2.26 bits per heavy atom. The van der Waals surface area contributed by atoms with Crippen LogP contribution in [0.1, 0.15) is 21.1 Å². The molecule has 96 valence electrons. The van der Waals surface area contributed by atoms with E-state index in [1.807, 2.05) is 19.1 Å². The highest BCUT2D eigenvalue weighted by molar-refractivity contribution is 7.11. The SMILES string of the molecule is COc1ccc2oc(C(=O)c3nccs3)c(C)c2c1. The van der Waals surface area contributed by atoms with E-state index in [-0.39, 0.29) is 5.78 Å². The van der Waals surface area contributed by atoms with Crippen LogP contribution in [0.2, 0.25) is 0 Å². The van der Waals surface area contributed by atoms with Crippen molar-refractivity contribution in [2.45, 2.75) is 6.92 Å². The molecule has 0 saturated heterocycles. The number of benzene rings is 1. The molecule has 4 nitrogen and oxygen atoms in total. The minimum absolute atomic E-state index is 0.178. The zero-order valence-electron chi connectivity index (χ0n) is 10.5. The molecule has 3 aromatic rings. The lowest BCUT2D eigenvalue weighted by molar-refractivity contribution is 0.101. The van der Waals surface area contributed by atoms with Crippen molar-refractivity contribution in [3.8, 4) is 5.75 Å². The molecule has 0 N–H and O–H groups in total. The Morgan fingerprint density at radius 1 is 1.42 bits per heavy atom. The van der Waals surface area contributed by atoms with Gasteiger partial charge in [0.1, 0.15) is 11.3 Å². The van der Waals surface area contributed by atoms with Gasteiger partial charge in [-0.15, -0.1) is 11.3 Å². The van der Waals surface area contributed by atoms with Gasteiger partial charge in [0.15, 0.2) is 10.8 Å². The maximum atomic E-state index is 12.3. The number of nitrogens with zero attached hydrogens (tertiary/aromatic N) is 1. The Morgan fingerprint density at radius 3 is 2.95 bits per heavy atom. The predicted molar refractivity (Wildman–Crippen MR) is 73.0 cm³/mol. The average molecular weight is 273 g/mol. The summed E-state index contributed by atoms with van der Waals surface area (Å²) in [5.41, 5.74) is 1.49. The van der Waals surface area contributed by atoms with Gasteiger partial charge in [0.2, 0.25) is 0 Å². The molecule has 1 aromatic carbocycles. The molecule has 0 unspecified atom stereocenters. The van der Waals surface area contributed by atoms with Crippen LogP contribution in [-0.2, 0) is 0 Å². The van der Waals surface area contributed by atoms with E-state index >= 15 is 0 Å². The third kappa shape index (κ3) is 1.92. The Bertz CT molecular complexity index is 743. The highest BCUT2D eigenvalue weighted by Crippen LogP contribution is 2.30. The van der Waals surface area contributed by atoms with Crippen LogP contribution >= 0.6 is 11.3 Å². The highest BCUT2D eigenvalue weighted by Gasteiger charge is 2.21. The second kappa shape index (κ2) is 4.51. The summed E-state index contributed by atoms with van der Waals surface area (Å²) in [5.74, 6) is 0.908. The first-order valence-electron chi connectivity index (χ1n) is 5.72. The largest absolute Gasteiger partial charge is 0.497 e. The van der Waals surface area contributed by atoms with Gasteiger partial charge in [-0.05, 0) is 25.1 Å². The molecule has 0 amide bonds. The first-order chi connectivity index (χ1) is 9.20. The van der Waals surface area contributed by atoms with Crippen molar-refractivity contribution in [3.05, 3.63) is 46.1 Å². The van der Waals surface area contributed by atoms with Gasteiger partial charge in [-0.2, -0.15) is 0 Å². The van der Waals surface area contributed by atoms with E-state index in [9.17, 15) is 4.79 Å². The molecule has 0 aliphatic rings. The Hall–Kier alpha value is -2.14. The lowest BCUT2D eigenvalue weighted by Crippen LogP contribution is -2.00. The lowest BCUT2D eigenvalue weighted by Gasteiger charge is -1.97. The third-order valence-corrected chi connectivity index (χ3v) is 3.75. The summed E-state index contributed by atoms with van der Waals surface area (Å²) >= 11 is 1.31. The van der Waals surface area contributed by atoms with Gasteiger partial charge in [0.05, 0.1) is 7.11 Å². The number of ether oxygens (including phenoxy) is 1. The van der Waals surface area contributed by atoms with Crippen LogP contribution in [-0.4, -0.2) is 17.9 Å². The zero-order valence-corrected chi connectivity index (χ0v) is 11.3. The number of hydrogen-bond acceptors (Lipinski definition) is 5. The van der Waals surface area contributed by atoms with Crippen LogP contribution in [0.25, 0.3) is 11.0 Å². The molecule has 0 radical (unpaired) electrons. The van der Waals surface area contributed by atoms with Gasteiger partial charge in [0, 0.05) is 22.5 Å². The van der Waals surface area contributed by atoms with E-state index in [4.69, 9.17) is 9.15 Å². The summed E-state index contributed by atoms with van der Waals surface area (Å²) in [6, 6.07) is 5.48. The van der Waals surface area contributed by atoms with Gasteiger partial charge in [0.25, 0.3) is 5.78 Å². The Kier molecular flexibility index (Phi) is 2.83. The monoisotopic (exact) mass is 273 g/mol. The van der Waals surface area contributed by atoms with Crippen molar-refractivity contribution in [3.63, 3.8) is 0 Å². The maximum absolute atomic E-state index is 12.3. The lowest BCUT2D eigenvalue weighted by atomic mass is 10.1. The van der Waals surface area contributed by atoms with Gasteiger partial charge < -0.3 is 9.15 Å². The Balaban J connectivity index is 2.15. The summed E-state index contributed by atoms with van der Waals surface area (Å²) in [5, 5.41) is 3.10. The van der Waals surface area contributed by atoms with E-state index in [2.05, 4.69) is 4.98 Å². The van der Waals surface area contributed by atoms with Crippen LogP contribution < -0.4 is 4.74 Å². The van der Waals surface area contributed by atoms with Crippen LogP contribution in [0.5, 0.6) is 5.75 Å². The molecule has 2 aromatic heterocycles. The van der Waals surface area contributed by atoms with Crippen LogP contribution in [0.4, 0.5) is 0 Å². The first-order valence-corrected chi connectivity index (χ1v) is 6.60. The number of methoxy groups -OCH3 is 1. The molecule has 0 spiro atoms. The average Bonchev–Trinajstić information content (AvgIpc) is 3.06. The van der Waals surface area contributed by atoms with Gasteiger partial charge >= 0.3 is 0 Å².